The second kappa shape index (κ2) is 6.04. The Labute approximate surface area is 138 Å². The van der Waals surface area contributed by atoms with Gasteiger partial charge in [-0.25, -0.2) is 4.39 Å². The van der Waals surface area contributed by atoms with Gasteiger partial charge in [0.15, 0.2) is 0 Å². The summed E-state index contributed by atoms with van der Waals surface area (Å²) in [6.07, 6.45) is 5.21. The molecule has 24 heavy (non-hydrogen) atoms. The van der Waals surface area contributed by atoms with E-state index in [1.54, 1.807) is 30.6 Å². The molecule has 0 saturated carbocycles. The molecule has 0 unspecified atom stereocenters. The molecule has 116 valence electrons. The number of hydrogen-bond acceptors (Lipinski definition) is 3. The van der Waals surface area contributed by atoms with Crippen LogP contribution in [0.1, 0.15) is 0 Å². The van der Waals surface area contributed by atoms with Gasteiger partial charge in [-0.2, -0.15) is 5.10 Å². The van der Waals surface area contributed by atoms with Gasteiger partial charge in [-0.15, -0.1) is 0 Å². The van der Waals surface area contributed by atoms with Crippen LogP contribution in [-0.2, 0) is 0 Å². The maximum atomic E-state index is 14.0. The Bertz CT molecular complexity index is 979. The average Bonchev–Trinajstić information content (AvgIpc) is 3.13. The lowest BCUT2D eigenvalue weighted by molar-refractivity contribution is 0.631. The average molecular weight is 316 g/mol. The lowest BCUT2D eigenvalue weighted by Crippen LogP contribution is -1.90. The summed E-state index contributed by atoms with van der Waals surface area (Å²) in [7, 11) is 0. The molecule has 4 rings (SSSR count). The van der Waals surface area contributed by atoms with Crippen LogP contribution in [0.4, 0.5) is 4.39 Å². The Balaban J connectivity index is 1.81. The number of aromatic amines is 1. The lowest BCUT2D eigenvalue weighted by atomic mass is 10.0. The molecule has 3 heterocycles. The molecule has 0 spiro atoms. The lowest BCUT2D eigenvalue weighted by Gasteiger charge is -2.06. The van der Waals surface area contributed by atoms with Crippen LogP contribution in [0, 0.1) is 5.82 Å². The molecule has 0 aliphatic rings. The highest BCUT2D eigenvalue weighted by molar-refractivity contribution is 5.80. The molecular formula is C19H13FN4. The summed E-state index contributed by atoms with van der Waals surface area (Å²) in [5.41, 5.74) is 4.38. The van der Waals surface area contributed by atoms with Gasteiger partial charge in [-0.1, -0.05) is 18.2 Å². The summed E-state index contributed by atoms with van der Waals surface area (Å²) in [5.74, 6) is -0.292. The van der Waals surface area contributed by atoms with Crippen LogP contribution in [-0.4, -0.2) is 20.2 Å². The van der Waals surface area contributed by atoms with E-state index in [-0.39, 0.29) is 5.82 Å². The first-order valence-corrected chi connectivity index (χ1v) is 7.49. The number of nitrogens with one attached hydrogen (secondary N) is 1. The summed E-state index contributed by atoms with van der Waals surface area (Å²) >= 11 is 0. The summed E-state index contributed by atoms with van der Waals surface area (Å²) in [6.45, 7) is 0. The third-order valence-electron chi connectivity index (χ3n) is 3.77. The molecule has 0 fully saturated rings. The molecule has 0 atom stereocenters. The van der Waals surface area contributed by atoms with E-state index in [0.29, 0.717) is 11.3 Å². The van der Waals surface area contributed by atoms with Gasteiger partial charge in [0.2, 0.25) is 0 Å². The zero-order chi connectivity index (χ0) is 16.4. The van der Waals surface area contributed by atoms with Gasteiger partial charge in [0, 0.05) is 29.7 Å². The maximum absolute atomic E-state index is 14.0. The maximum Gasteiger partial charge on any atom is 0.132 e. The van der Waals surface area contributed by atoms with E-state index in [9.17, 15) is 4.39 Å². The molecule has 4 nitrogen and oxygen atoms in total. The van der Waals surface area contributed by atoms with Crippen molar-refractivity contribution in [3.8, 4) is 33.8 Å². The van der Waals surface area contributed by atoms with Crippen molar-refractivity contribution in [2.24, 2.45) is 0 Å². The van der Waals surface area contributed by atoms with Crippen molar-refractivity contribution in [2.45, 2.75) is 0 Å². The normalized spacial score (nSPS) is 10.7. The Kier molecular flexibility index (Phi) is 3.59. The van der Waals surface area contributed by atoms with E-state index in [1.807, 2.05) is 36.5 Å². The number of halogens is 1. The number of aromatic nitrogens is 4. The first kappa shape index (κ1) is 14.3. The quantitative estimate of drug-likeness (QED) is 0.611. The summed E-state index contributed by atoms with van der Waals surface area (Å²) in [4.78, 5) is 8.64. The highest BCUT2D eigenvalue weighted by Crippen LogP contribution is 2.31. The fourth-order valence-corrected chi connectivity index (χ4v) is 2.62. The van der Waals surface area contributed by atoms with E-state index < -0.39 is 0 Å². The van der Waals surface area contributed by atoms with Gasteiger partial charge in [0.05, 0.1) is 11.4 Å². The van der Waals surface area contributed by atoms with Gasteiger partial charge in [0.1, 0.15) is 11.5 Å². The molecule has 0 aliphatic heterocycles. The second-order valence-electron chi connectivity index (χ2n) is 5.27. The number of benzene rings is 1. The predicted octanol–water partition coefficient (Wildman–Crippen LogP) is 4.34. The van der Waals surface area contributed by atoms with E-state index >= 15 is 0 Å². The van der Waals surface area contributed by atoms with Gasteiger partial charge in [-0.05, 0) is 42.0 Å². The van der Waals surface area contributed by atoms with Crippen molar-refractivity contribution < 1.29 is 4.39 Å². The highest BCUT2D eigenvalue weighted by atomic mass is 19.1. The molecule has 1 aromatic carbocycles. The van der Waals surface area contributed by atoms with Crippen LogP contribution in [0.2, 0.25) is 0 Å². The number of nitrogens with zero attached hydrogens (tertiary/aromatic N) is 3. The highest BCUT2D eigenvalue weighted by Gasteiger charge is 2.13. The smallest absolute Gasteiger partial charge is 0.132 e. The van der Waals surface area contributed by atoms with E-state index in [1.165, 1.54) is 6.07 Å². The zero-order valence-corrected chi connectivity index (χ0v) is 12.6. The van der Waals surface area contributed by atoms with Crippen LogP contribution in [0.3, 0.4) is 0 Å². The first-order chi connectivity index (χ1) is 11.8. The van der Waals surface area contributed by atoms with Crippen LogP contribution < -0.4 is 0 Å². The largest absolute Gasteiger partial charge is 0.284 e. The monoisotopic (exact) mass is 316 g/mol. The third kappa shape index (κ3) is 2.56. The Morgan fingerprint density at radius 2 is 1.62 bits per heavy atom. The fraction of sp³-hybridized carbons (Fsp3) is 0. The summed E-state index contributed by atoms with van der Waals surface area (Å²) in [5, 5.41) is 7.18. The number of rotatable bonds is 3. The standard InChI is InChI=1S/C19H13FN4/c20-16-6-2-1-5-14(16)18-11-13(8-10-22-18)15-12-23-24-19(15)17-7-3-4-9-21-17/h1-12H,(H,23,24). The molecule has 0 saturated heterocycles. The van der Waals surface area contributed by atoms with Crippen LogP contribution >= 0.6 is 0 Å². The molecular weight excluding hydrogens is 303 g/mol. The van der Waals surface area contributed by atoms with Crippen molar-refractivity contribution in [3.63, 3.8) is 0 Å². The minimum atomic E-state index is -0.292. The zero-order valence-electron chi connectivity index (χ0n) is 12.6. The van der Waals surface area contributed by atoms with Crippen LogP contribution in [0.15, 0.2) is 73.2 Å². The number of H-pyrrole nitrogens is 1. The fourth-order valence-electron chi connectivity index (χ4n) is 2.62. The predicted molar refractivity (Wildman–Crippen MR) is 90.4 cm³/mol. The van der Waals surface area contributed by atoms with Gasteiger partial charge < -0.3 is 0 Å². The van der Waals surface area contributed by atoms with Crippen molar-refractivity contribution in [1.82, 2.24) is 20.2 Å². The van der Waals surface area contributed by atoms with Crippen molar-refractivity contribution >= 4 is 0 Å². The minimum absolute atomic E-state index is 0.292. The van der Waals surface area contributed by atoms with Crippen LogP contribution in [0.5, 0.6) is 0 Å². The summed E-state index contributed by atoms with van der Waals surface area (Å²) in [6, 6.07) is 16.0. The molecule has 0 radical (unpaired) electrons. The Morgan fingerprint density at radius 3 is 2.46 bits per heavy atom. The first-order valence-electron chi connectivity index (χ1n) is 7.49. The van der Waals surface area contributed by atoms with E-state index in [2.05, 4.69) is 20.2 Å². The van der Waals surface area contributed by atoms with Gasteiger partial charge in [-0.3, -0.25) is 15.1 Å². The van der Waals surface area contributed by atoms with Crippen LogP contribution in [0.25, 0.3) is 33.8 Å². The topological polar surface area (TPSA) is 54.5 Å². The molecule has 0 bridgehead atoms. The third-order valence-corrected chi connectivity index (χ3v) is 3.77. The molecule has 4 aromatic rings. The number of pyridine rings is 2. The van der Waals surface area contributed by atoms with E-state index in [0.717, 1.165) is 22.5 Å². The SMILES string of the molecule is Fc1ccccc1-c1cc(-c2c[nH]nc2-c2ccccn2)ccn1. The molecule has 3 aromatic heterocycles. The van der Waals surface area contributed by atoms with Crippen molar-refractivity contribution in [1.29, 1.82) is 0 Å². The molecule has 1 N–H and O–H groups in total. The molecule has 0 aliphatic carbocycles. The van der Waals surface area contributed by atoms with Crippen molar-refractivity contribution in [2.75, 3.05) is 0 Å². The molecule has 5 heteroatoms. The minimum Gasteiger partial charge on any atom is -0.284 e. The van der Waals surface area contributed by atoms with Gasteiger partial charge >= 0.3 is 0 Å². The van der Waals surface area contributed by atoms with Gasteiger partial charge in [0.25, 0.3) is 0 Å². The Morgan fingerprint density at radius 1 is 0.792 bits per heavy atom. The van der Waals surface area contributed by atoms with Crippen molar-refractivity contribution in [3.05, 3.63) is 79.0 Å². The Hall–Kier alpha value is -3.34. The molecule has 0 amide bonds. The summed E-state index contributed by atoms with van der Waals surface area (Å²) < 4.78 is 14.0. The second-order valence-corrected chi connectivity index (χ2v) is 5.27. The number of hydrogen-bond donors (Lipinski definition) is 1. The van der Waals surface area contributed by atoms with E-state index in [4.69, 9.17) is 0 Å².